The number of quaternary nitrogens is 1. The normalized spacial score (nSPS) is 11.5. The Morgan fingerprint density at radius 3 is 1.04 bits per heavy atom. The van der Waals surface area contributed by atoms with E-state index in [9.17, 15) is 0 Å². The minimum absolute atomic E-state index is 0. The van der Waals surface area contributed by atoms with Gasteiger partial charge in [0, 0.05) is 0 Å². The Morgan fingerprint density at radius 2 is 0.750 bits per heavy atom. The van der Waals surface area contributed by atoms with Crippen molar-refractivity contribution in [1.82, 2.24) is 0 Å². The molecule has 0 fully saturated rings. The molecule has 0 radical (unpaired) electrons. The van der Waals surface area contributed by atoms with Crippen molar-refractivity contribution in [3.63, 3.8) is 0 Å². The van der Waals surface area contributed by atoms with Gasteiger partial charge in [-0.3, -0.25) is 4.59 Å². The van der Waals surface area contributed by atoms with Crippen molar-refractivity contribution < 1.29 is 17.0 Å². The van der Waals surface area contributed by atoms with E-state index < -0.39 is 0 Å². The highest BCUT2D eigenvalue weighted by Crippen LogP contribution is 2.12. The van der Waals surface area contributed by atoms with E-state index in [1.54, 1.807) is 0 Å². The minimum atomic E-state index is 0. The quantitative estimate of drug-likeness (QED) is 0.171. The molecular weight excluding hydrogens is 316 g/mol. The van der Waals surface area contributed by atoms with E-state index in [4.69, 9.17) is 5.84 Å². The number of halogens is 1. The van der Waals surface area contributed by atoms with Crippen LogP contribution in [-0.2, 0) is 0 Å². The Bertz CT molecular complexity index is 210. The first-order chi connectivity index (χ1) is 11.1. The highest BCUT2D eigenvalue weighted by molar-refractivity contribution is 4.48. The van der Waals surface area contributed by atoms with Gasteiger partial charge in [0.05, 0.1) is 20.1 Å². The van der Waals surface area contributed by atoms with Crippen LogP contribution in [0.5, 0.6) is 0 Å². The predicted octanol–water partition coefficient (Wildman–Crippen LogP) is 3.59. The van der Waals surface area contributed by atoms with E-state index in [2.05, 4.69) is 20.9 Å². The molecule has 0 aromatic rings. The number of unbranched alkanes of at least 4 members (excludes halogenated alkanes) is 14. The summed E-state index contributed by atoms with van der Waals surface area (Å²) in [6, 6.07) is 0. The molecule has 3 heteroatoms. The smallest absolute Gasteiger partial charge is 0.0958 e. The third-order valence-corrected chi connectivity index (χ3v) is 5.04. The molecule has 2 nitrogen and oxygen atoms in total. The molecule has 2 N–H and O–H groups in total. The van der Waals surface area contributed by atoms with E-state index in [1.807, 2.05) is 0 Å². The first kappa shape index (κ1) is 26.4. The van der Waals surface area contributed by atoms with Crippen LogP contribution in [0.2, 0.25) is 0 Å². The largest absolute Gasteiger partial charge is 1.00 e. The van der Waals surface area contributed by atoms with Crippen LogP contribution in [0, 0.1) is 0 Å². The molecule has 0 unspecified atom stereocenters. The summed E-state index contributed by atoms with van der Waals surface area (Å²) >= 11 is 0. The highest BCUT2D eigenvalue weighted by Gasteiger charge is 2.14. The second-order valence-electron chi connectivity index (χ2n) is 7.88. The number of rotatable bonds is 18. The Hall–Kier alpha value is 0.210. The maximum absolute atomic E-state index is 6.42. The molecule has 0 bridgehead atoms. The lowest BCUT2D eigenvalue weighted by atomic mass is 10.1. The van der Waals surface area contributed by atoms with E-state index in [1.165, 1.54) is 103 Å². The topological polar surface area (TPSA) is 26.0 Å². The lowest BCUT2D eigenvalue weighted by Crippen LogP contribution is -3.00. The summed E-state index contributed by atoms with van der Waals surface area (Å²) in [7, 11) is 2.21. The summed E-state index contributed by atoms with van der Waals surface area (Å²) in [6.45, 7) is 6.88. The second-order valence-corrected chi connectivity index (χ2v) is 7.88. The maximum Gasteiger partial charge on any atom is 0.0958 e. The zero-order valence-electron chi connectivity index (χ0n) is 17.1. The van der Waals surface area contributed by atoms with Gasteiger partial charge in [-0.15, -0.1) is 0 Å². The van der Waals surface area contributed by atoms with Crippen LogP contribution < -0.4 is 18.2 Å². The van der Waals surface area contributed by atoms with Crippen molar-refractivity contribution in [2.45, 2.75) is 117 Å². The van der Waals surface area contributed by atoms with Crippen molar-refractivity contribution in [3.8, 4) is 0 Å². The minimum Gasteiger partial charge on any atom is -1.00 e. The number of hydrogen-bond acceptors (Lipinski definition) is 1. The first-order valence-electron chi connectivity index (χ1n) is 10.8. The Labute approximate surface area is 159 Å². The van der Waals surface area contributed by atoms with Gasteiger partial charge in [0.1, 0.15) is 0 Å². The SMILES string of the molecule is CCCCCCCCCC[N+](C)(N)CCCCCCCCCC.[Cl-]. The van der Waals surface area contributed by atoms with Crippen LogP contribution in [0.1, 0.15) is 117 Å². The molecule has 148 valence electrons. The van der Waals surface area contributed by atoms with Crippen molar-refractivity contribution in [1.29, 1.82) is 0 Å². The molecule has 0 rings (SSSR count). The van der Waals surface area contributed by atoms with Gasteiger partial charge >= 0.3 is 0 Å². The molecule has 0 saturated carbocycles. The standard InChI is InChI=1S/C21H47N2.ClH/c1-4-6-8-10-12-14-16-18-20-23(3,22)21-19-17-15-13-11-9-7-5-2;/h4-22H2,1-3H3;1H/q+1;/p-1. The van der Waals surface area contributed by atoms with Crippen LogP contribution in [-0.4, -0.2) is 24.7 Å². The van der Waals surface area contributed by atoms with E-state index in [-0.39, 0.29) is 12.4 Å². The third kappa shape index (κ3) is 20.3. The van der Waals surface area contributed by atoms with Gasteiger partial charge in [-0.25, -0.2) is 0 Å². The van der Waals surface area contributed by atoms with Gasteiger partial charge in [-0.05, 0) is 25.7 Å². The lowest BCUT2D eigenvalue weighted by Gasteiger charge is -2.28. The van der Waals surface area contributed by atoms with Crippen LogP contribution in [0.25, 0.3) is 0 Å². The van der Waals surface area contributed by atoms with E-state index in [0.717, 1.165) is 17.7 Å². The Kier molecular flexibility index (Phi) is 21.5. The van der Waals surface area contributed by atoms with Gasteiger partial charge < -0.3 is 12.4 Å². The molecule has 0 aliphatic rings. The molecule has 0 atom stereocenters. The summed E-state index contributed by atoms with van der Waals surface area (Å²) in [6.07, 6.45) is 22.2. The summed E-state index contributed by atoms with van der Waals surface area (Å²) in [5.41, 5.74) is 0. The van der Waals surface area contributed by atoms with Crippen molar-refractivity contribution in [2.24, 2.45) is 5.84 Å². The molecule has 0 spiro atoms. The highest BCUT2D eigenvalue weighted by atomic mass is 35.5. The monoisotopic (exact) mass is 362 g/mol. The molecule has 0 aromatic carbocycles. The zero-order valence-corrected chi connectivity index (χ0v) is 17.9. The fourth-order valence-corrected chi connectivity index (χ4v) is 3.33. The van der Waals surface area contributed by atoms with Gasteiger partial charge in [-0.1, -0.05) is 90.9 Å². The van der Waals surface area contributed by atoms with Crippen LogP contribution >= 0.6 is 0 Å². The Morgan fingerprint density at radius 1 is 0.500 bits per heavy atom. The second kappa shape index (κ2) is 19.5. The van der Waals surface area contributed by atoms with Crippen molar-refractivity contribution >= 4 is 0 Å². The third-order valence-electron chi connectivity index (χ3n) is 5.04. The first-order valence-corrected chi connectivity index (χ1v) is 10.8. The summed E-state index contributed by atoms with van der Waals surface area (Å²) in [5, 5.41) is 0. The molecule has 0 aliphatic carbocycles. The molecular formula is C21H47ClN2. The summed E-state index contributed by atoms with van der Waals surface area (Å²) < 4.78 is 0.742. The van der Waals surface area contributed by atoms with Crippen molar-refractivity contribution in [3.05, 3.63) is 0 Å². The van der Waals surface area contributed by atoms with Crippen LogP contribution in [0.3, 0.4) is 0 Å². The fraction of sp³-hybridized carbons (Fsp3) is 1.00. The summed E-state index contributed by atoms with van der Waals surface area (Å²) in [5.74, 6) is 6.42. The van der Waals surface area contributed by atoms with Gasteiger partial charge in [0.25, 0.3) is 0 Å². The average molecular weight is 363 g/mol. The molecule has 24 heavy (non-hydrogen) atoms. The zero-order chi connectivity index (χ0) is 17.2. The number of nitrogens with zero attached hydrogens (tertiary/aromatic N) is 1. The molecule has 0 amide bonds. The Balaban J connectivity index is 0. The molecule has 0 saturated heterocycles. The number of nitrogens with two attached hydrogens (primary N) is 1. The summed E-state index contributed by atoms with van der Waals surface area (Å²) in [4.78, 5) is 0. The molecule has 0 aromatic heterocycles. The van der Waals surface area contributed by atoms with Crippen LogP contribution in [0.15, 0.2) is 0 Å². The van der Waals surface area contributed by atoms with Gasteiger partial charge in [-0.2, -0.15) is 5.84 Å². The lowest BCUT2D eigenvalue weighted by molar-refractivity contribution is -0.921. The van der Waals surface area contributed by atoms with Crippen LogP contribution in [0.4, 0.5) is 0 Å². The average Bonchev–Trinajstić information content (AvgIpc) is 2.52. The van der Waals surface area contributed by atoms with Gasteiger partial charge in [0.2, 0.25) is 0 Å². The van der Waals surface area contributed by atoms with E-state index in [0.29, 0.717) is 0 Å². The maximum atomic E-state index is 6.42. The number of hydrogen-bond donors (Lipinski definition) is 1. The van der Waals surface area contributed by atoms with Crippen molar-refractivity contribution in [2.75, 3.05) is 20.1 Å². The van der Waals surface area contributed by atoms with E-state index >= 15 is 0 Å². The van der Waals surface area contributed by atoms with Gasteiger partial charge in [0.15, 0.2) is 0 Å². The molecule has 0 heterocycles. The molecule has 0 aliphatic heterocycles. The predicted molar refractivity (Wildman–Crippen MR) is 105 cm³/mol. The fourth-order valence-electron chi connectivity index (χ4n) is 3.33.